The van der Waals surface area contributed by atoms with Crippen LogP contribution >= 0.6 is 0 Å². The SMILES string of the molecule is COc1cc(C(=O)N/N=C\c2cccnc2)cc(OC)c1OC. The third-order valence-corrected chi connectivity index (χ3v) is 2.99. The summed E-state index contributed by atoms with van der Waals surface area (Å²) < 4.78 is 15.6. The number of aromatic nitrogens is 1. The van der Waals surface area contributed by atoms with E-state index in [0.717, 1.165) is 5.56 Å². The molecule has 1 N–H and O–H groups in total. The lowest BCUT2D eigenvalue weighted by Gasteiger charge is -2.13. The standard InChI is InChI=1S/C16H17N3O4/c1-21-13-7-12(8-14(22-2)15(13)23-3)16(20)19-18-10-11-5-4-6-17-9-11/h4-10H,1-3H3,(H,19,20)/b18-10-. The van der Waals surface area contributed by atoms with E-state index in [9.17, 15) is 4.79 Å². The number of hydrazone groups is 1. The van der Waals surface area contributed by atoms with Gasteiger partial charge in [-0.05, 0) is 18.2 Å². The molecule has 0 aliphatic heterocycles. The first-order chi connectivity index (χ1) is 11.2. The first-order valence-electron chi connectivity index (χ1n) is 6.73. The van der Waals surface area contributed by atoms with E-state index in [1.807, 2.05) is 6.07 Å². The second-order valence-electron chi connectivity index (χ2n) is 4.40. The number of benzene rings is 1. The lowest BCUT2D eigenvalue weighted by Crippen LogP contribution is -2.18. The van der Waals surface area contributed by atoms with Crippen LogP contribution in [-0.2, 0) is 0 Å². The normalized spacial score (nSPS) is 10.4. The number of rotatable bonds is 6. The highest BCUT2D eigenvalue weighted by Gasteiger charge is 2.16. The minimum Gasteiger partial charge on any atom is -0.493 e. The van der Waals surface area contributed by atoms with Gasteiger partial charge in [0.1, 0.15) is 0 Å². The van der Waals surface area contributed by atoms with Crippen molar-refractivity contribution in [2.75, 3.05) is 21.3 Å². The number of nitrogens with zero attached hydrogens (tertiary/aromatic N) is 2. The van der Waals surface area contributed by atoms with Crippen molar-refractivity contribution in [3.05, 3.63) is 47.8 Å². The van der Waals surface area contributed by atoms with Gasteiger partial charge in [-0.1, -0.05) is 6.07 Å². The highest BCUT2D eigenvalue weighted by Crippen LogP contribution is 2.38. The van der Waals surface area contributed by atoms with Crippen LogP contribution in [0.25, 0.3) is 0 Å². The number of carbonyl (C=O) groups excluding carboxylic acids is 1. The third kappa shape index (κ3) is 3.97. The van der Waals surface area contributed by atoms with Crippen molar-refractivity contribution in [3.63, 3.8) is 0 Å². The Morgan fingerprint density at radius 2 is 1.87 bits per heavy atom. The summed E-state index contributed by atoms with van der Waals surface area (Å²) in [5.41, 5.74) is 3.55. The van der Waals surface area contributed by atoms with Crippen molar-refractivity contribution in [2.24, 2.45) is 5.10 Å². The Labute approximate surface area is 133 Å². The van der Waals surface area contributed by atoms with E-state index in [0.29, 0.717) is 22.8 Å². The Hall–Kier alpha value is -3.09. The van der Waals surface area contributed by atoms with Crippen molar-refractivity contribution in [1.29, 1.82) is 0 Å². The fourth-order valence-electron chi connectivity index (χ4n) is 1.89. The molecule has 0 spiro atoms. The summed E-state index contributed by atoms with van der Waals surface area (Å²) >= 11 is 0. The maximum absolute atomic E-state index is 12.2. The van der Waals surface area contributed by atoms with Gasteiger partial charge in [0.25, 0.3) is 5.91 Å². The van der Waals surface area contributed by atoms with Gasteiger partial charge in [-0.2, -0.15) is 5.10 Å². The number of methoxy groups -OCH3 is 3. The van der Waals surface area contributed by atoms with Gasteiger partial charge in [-0.25, -0.2) is 5.43 Å². The van der Waals surface area contributed by atoms with E-state index < -0.39 is 5.91 Å². The van der Waals surface area contributed by atoms with Crippen LogP contribution in [0.5, 0.6) is 17.2 Å². The summed E-state index contributed by atoms with van der Waals surface area (Å²) in [6, 6.07) is 6.71. The zero-order valence-corrected chi connectivity index (χ0v) is 13.1. The van der Waals surface area contributed by atoms with Crippen molar-refractivity contribution in [1.82, 2.24) is 10.4 Å². The van der Waals surface area contributed by atoms with Crippen LogP contribution in [0.2, 0.25) is 0 Å². The quantitative estimate of drug-likeness (QED) is 0.650. The predicted molar refractivity (Wildman–Crippen MR) is 85.4 cm³/mol. The molecular weight excluding hydrogens is 298 g/mol. The zero-order chi connectivity index (χ0) is 16.7. The van der Waals surface area contributed by atoms with E-state index in [2.05, 4.69) is 15.5 Å². The fourth-order valence-corrected chi connectivity index (χ4v) is 1.89. The maximum Gasteiger partial charge on any atom is 0.271 e. The van der Waals surface area contributed by atoms with Crippen LogP contribution in [0.15, 0.2) is 41.8 Å². The first kappa shape index (κ1) is 16.3. The third-order valence-electron chi connectivity index (χ3n) is 2.99. The number of hydrogen-bond donors (Lipinski definition) is 1. The predicted octanol–water partition coefficient (Wildman–Crippen LogP) is 1.87. The molecule has 0 saturated heterocycles. The molecule has 0 atom stereocenters. The molecule has 0 radical (unpaired) electrons. The molecule has 0 bridgehead atoms. The largest absolute Gasteiger partial charge is 0.493 e. The zero-order valence-electron chi connectivity index (χ0n) is 13.1. The van der Waals surface area contributed by atoms with Crippen molar-refractivity contribution in [2.45, 2.75) is 0 Å². The molecule has 1 amide bonds. The Morgan fingerprint density at radius 1 is 1.17 bits per heavy atom. The van der Waals surface area contributed by atoms with E-state index in [-0.39, 0.29) is 0 Å². The molecule has 0 fully saturated rings. The number of nitrogens with one attached hydrogen (secondary N) is 1. The number of amides is 1. The fraction of sp³-hybridized carbons (Fsp3) is 0.188. The Balaban J connectivity index is 2.17. The average Bonchev–Trinajstić information content (AvgIpc) is 2.61. The molecule has 120 valence electrons. The summed E-state index contributed by atoms with van der Waals surface area (Å²) in [5, 5.41) is 3.89. The van der Waals surface area contributed by atoms with Crippen molar-refractivity contribution < 1.29 is 19.0 Å². The van der Waals surface area contributed by atoms with Gasteiger partial charge >= 0.3 is 0 Å². The average molecular weight is 315 g/mol. The van der Waals surface area contributed by atoms with E-state index >= 15 is 0 Å². The second kappa shape index (κ2) is 7.79. The Bertz CT molecular complexity index is 677. The summed E-state index contributed by atoms with van der Waals surface area (Å²) in [4.78, 5) is 16.1. The molecule has 2 rings (SSSR count). The molecule has 0 aliphatic carbocycles. The van der Waals surface area contributed by atoms with Gasteiger partial charge in [0.2, 0.25) is 5.75 Å². The highest BCUT2D eigenvalue weighted by atomic mass is 16.5. The van der Waals surface area contributed by atoms with Crippen molar-refractivity contribution in [3.8, 4) is 17.2 Å². The molecule has 2 aromatic rings. The summed E-state index contributed by atoms with van der Waals surface area (Å²) in [6.07, 6.45) is 4.80. The van der Waals surface area contributed by atoms with Gasteiger partial charge in [-0.3, -0.25) is 9.78 Å². The van der Waals surface area contributed by atoms with E-state index in [4.69, 9.17) is 14.2 Å². The lowest BCUT2D eigenvalue weighted by molar-refractivity contribution is 0.0954. The molecule has 7 heteroatoms. The molecular formula is C16H17N3O4. The molecule has 7 nitrogen and oxygen atoms in total. The van der Waals surface area contributed by atoms with Crippen LogP contribution in [-0.4, -0.2) is 38.4 Å². The van der Waals surface area contributed by atoms with Crippen LogP contribution in [0, 0.1) is 0 Å². The number of carbonyl (C=O) groups is 1. The van der Waals surface area contributed by atoms with E-state index in [1.165, 1.54) is 27.5 Å². The van der Waals surface area contributed by atoms with Gasteiger partial charge in [0, 0.05) is 23.5 Å². The molecule has 1 aromatic carbocycles. The monoisotopic (exact) mass is 315 g/mol. The lowest BCUT2D eigenvalue weighted by atomic mass is 10.1. The Morgan fingerprint density at radius 3 is 2.39 bits per heavy atom. The number of ether oxygens (including phenoxy) is 3. The van der Waals surface area contributed by atoms with Gasteiger partial charge in [0.05, 0.1) is 27.5 Å². The second-order valence-corrected chi connectivity index (χ2v) is 4.40. The number of hydrogen-bond acceptors (Lipinski definition) is 6. The van der Waals surface area contributed by atoms with Crippen LogP contribution in [0.4, 0.5) is 0 Å². The first-order valence-corrected chi connectivity index (χ1v) is 6.73. The van der Waals surface area contributed by atoms with Crippen LogP contribution in [0.3, 0.4) is 0 Å². The minimum absolute atomic E-state index is 0.336. The van der Waals surface area contributed by atoms with Crippen molar-refractivity contribution >= 4 is 12.1 Å². The molecule has 1 aromatic heterocycles. The Kier molecular flexibility index (Phi) is 5.51. The topological polar surface area (TPSA) is 82.0 Å². The smallest absolute Gasteiger partial charge is 0.271 e. The van der Waals surface area contributed by atoms with E-state index in [1.54, 1.807) is 30.6 Å². The highest BCUT2D eigenvalue weighted by molar-refractivity contribution is 5.96. The minimum atomic E-state index is -0.399. The van der Waals surface area contributed by atoms with Gasteiger partial charge < -0.3 is 14.2 Å². The molecule has 0 aliphatic rings. The van der Waals surface area contributed by atoms with Gasteiger partial charge in [0.15, 0.2) is 11.5 Å². The number of pyridine rings is 1. The molecule has 0 unspecified atom stereocenters. The summed E-state index contributed by atoms with van der Waals surface area (Å²) in [6.45, 7) is 0. The molecule has 0 saturated carbocycles. The van der Waals surface area contributed by atoms with Crippen LogP contribution in [0.1, 0.15) is 15.9 Å². The van der Waals surface area contributed by atoms with Gasteiger partial charge in [-0.15, -0.1) is 0 Å². The summed E-state index contributed by atoms with van der Waals surface area (Å²) in [7, 11) is 4.47. The summed E-state index contributed by atoms with van der Waals surface area (Å²) in [5.74, 6) is 0.816. The molecule has 1 heterocycles. The maximum atomic E-state index is 12.2. The van der Waals surface area contributed by atoms with Crippen LogP contribution < -0.4 is 19.6 Å². The molecule has 23 heavy (non-hydrogen) atoms.